The summed E-state index contributed by atoms with van der Waals surface area (Å²) in [6, 6.07) is 14.6. The van der Waals surface area contributed by atoms with Crippen molar-refractivity contribution in [1.82, 2.24) is 0 Å². The molecule has 0 aliphatic heterocycles. The summed E-state index contributed by atoms with van der Waals surface area (Å²) >= 11 is 0. The number of allylic oxidation sites excluding steroid dienone is 2. The zero-order chi connectivity index (χ0) is 19.5. The molecule has 2 N–H and O–H groups in total. The zero-order valence-corrected chi connectivity index (χ0v) is 14.9. The predicted octanol–water partition coefficient (Wildman–Crippen LogP) is 1.96. The molecule has 0 saturated heterocycles. The van der Waals surface area contributed by atoms with Crippen molar-refractivity contribution in [2.45, 2.75) is 19.8 Å². The van der Waals surface area contributed by atoms with Crippen LogP contribution in [0.1, 0.15) is 16.7 Å². The van der Waals surface area contributed by atoms with E-state index in [-0.39, 0.29) is 18.0 Å². The van der Waals surface area contributed by atoms with Crippen LogP contribution in [0.2, 0.25) is 0 Å². The van der Waals surface area contributed by atoms with Gasteiger partial charge in [-0.15, -0.1) is 0 Å². The fourth-order valence-electron chi connectivity index (χ4n) is 2.23. The molecule has 0 saturated carbocycles. The second kappa shape index (κ2) is 11.0. The molecule has 0 amide bonds. The quantitative estimate of drug-likeness (QED) is 0.591. The van der Waals surface area contributed by atoms with Crippen LogP contribution in [0.25, 0.3) is 0 Å². The highest BCUT2D eigenvalue weighted by molar-refractivity contribution is 6.58. The lowest BCUT2D eigenvalue weighted by molar-refractivity contribution is -0.114. The largest absolute Gasteiger partial charge is 0.488 e. The molecular formula is C21H23BO4. The van der Waals surface area contributed by atoms with Crippen molar-refractivity contribution in [2.75, 3.05) is 0 Å². The van der Waals surface area contributed by atoms with Crippen LogP contribution in [0.5, 0.6) is 0 Å². The molecule has 0 aliphatic rings. The number of hydrogen-bond donors (Lipinski definition) is 2. The highest BCUT2D eigenvalue weighted by Gasteiger charge is 2.11. The second-order valence-corrected chi connectivity index (χ2v) is 5.80. The second-order valence-electron chi connectivity index (χ2n) is 5.80. The fraction of sp³-hybridized carbons (Fsp3) is 0.143. The highest BCUT2D eigenvalue weighted by atomic mass is 16.4. The van der Waals surface area contributed by atoms with E-state index in [1.165, 1.54) is 17.7 Å². The van der Waals surface area contributed by atoms with E-state index in [1.54, 1.807) is 24.3 Å². The molecule has 0 fully saturated rings. The van der Waals surface area contributed by atoms with Crippen LogP contribution in [0, 0.1) is 6.92 Å². The van der Waals surface area contributed by atoms with Crippen molar-refractivity contribution < 1.29 is 19.6 Å². The topological polar surface area (TPSA) is 74.6 Å². The molecule has 5 heteroatoms. The first-order valence-corrected chi connectivity index (χ1v) is 8.16. The van der Waals surface area contributed by atoms with E-state index in [2.05, 4.69) is 13.2 Å². The molecule has 0 bridgehead atoms. The molecule has 0 aromatic heterocycles. The van der Waals surface area contributed by atoms with Crippen molar-refractivity contribution in [3.8, 4) is 0 Å². The third-order valence-electron chi connectivity index (χ3n) is 3.54. The third-order valence-corrected chi connectivity index (χ3v) is 3.54. The predicted molar refractivity (Wildman–Crippen MR) is 105 cm³/mol. The highest BCUT2D eigenvalue weighted by Crippen LogP contribution is 2.05. The van der Waals surface area contributed by atoms with E-state index in [0.717, 1.165) is 11.1 Å². The minimum absolute atomic E-state index is 0.0700. The van der Waals surface area contributed by atoms with E-state index in [0.29, 0.717) is 11.9 Å². The molecule has 2 aromatic carbocycles. The van der Waals surface area contributed by atoms with Crippen LogP contribution >= 0.6 is 0 Å². The Hall–Kier alpha value is -2.76. The molecule has 0 atom stereocenters. The van der Waals surface area contributed by atoms with Gasteiger partial charge in [0.2, 0.25) is 0 Å². The maximum Gasteiger partial charge on any atom is 0.488 e. The Balaban J connectivity index is 0.000000263. The standard InChI is InChI=1S/C11H12O.C10H11BO3/c1-3-11(12)8-10-6-4-5-9(2)7-10;1-2-10(12)7-8-4-3-5-9(6-8)11(13)14/h3-7H,1,8H2,2H3;2-6,13-14H,1,7H2. The zero-order valence-electron chi connectivity index (χ0n) is 14.9. The Kier molecular flexibility index (Phi) is 8.99. The van der Waals surface area contributed by atoms with Gasteiger partial charge in [0.15, 0.2) is 11.6 Å². The summed E-state index contributed by atoms with van der Waals surface area (Å²) in [5.74, 6) is -0.0184. The number of ketones is 2. The van der Waals surface area contributed by atoms with Crippen molar-refractivity contribution in [1.29, 1.82) is 0 Å². The van der Waals surface area contributed by atoms with Gasteiger partial charge < -0.3 is 10.0 Å². The maximum absolute atomic E-state index is 11.0. The SMILES string of the molecule is C=CC(=O)Cc1cccc(B(O)O)c1.C=CC(=O)Cc1cccc(C)c1. The van der Waals surface area contributed by atoms with E-state index in [4.69, 9.17) is 10.0 Å². The number of carbonyl (C=O) groups excluding carboxylic acids is 2. The minimum atomic E-state index is -1.49. The molecule has 0 aliphatic carbocycles. The fourth-order valence-corrected chi connectivity index (χ4v) is 2.23. The van der Waals surface area contributed by atoms with Crippen LogP contribution in [-0.4, -0.2) is 28.7 Å². The summed E-state index contributed by atoms with van der Waals surface area (Å²) in [6.45, 7) is 8.81. The molecule has 0 radical (unpaired) electrons. The molecule has 2 rings (SSSR count). The average Bonchev–Trinajstić information content (AvgIpc) is 2.62. The van der Waals surface area contributed by atoms with E-state index < -0.39 is 7.12 Å². The van der Waals surface area contributed by atoms with Crippen molar-refractivity contribution in [2.24, 2.45) is 0 Å². The van der Waals surface area contributed by atoms with Gasteiger partial charge >= 0.3 is 7.12 Å². The first-order chi connectivity index (χ1) is 12.3. The number of rotatable bonds is 7. The number of hydrogen-bond acceptors (Lipinski definition) is 4. The lowest BCUT2D eigenvalue weighted by Crippen LogP contribution is -2.29. The van der Waals surface area contributed by atoms with E-state index in [1.807, 2.05) is 31.2 Å². The van der Waals surface area contributed by atoms with Gasteiger partial charge in [-0.2, -0.15) is 0 Å². The van der Waals surface area contributed by atoms with Crippen molar-refractivity contribution in [3.05, 3.63) is 90.5 Å². The van der Waals surface area contributed by atoms with Crippen LogP contribution in [0.4, 0.5) is 0 Å². The first-order valence-electron chi connectivity index (χ1n) is 8.16. The molecule has 26 heavy (non-hydrogen) atoms. The molecule has 4 nitrogen and oxygen atoms in total. The Morgan fingerprint density at radius 1 is 0.923 bits per heavy atom. The molecular weight excluding hydrogens is 327 g/mol. The van der Waals surface area contributed by atoms with E-state index >= 15 is 0 Å². The minimum Gasteiger partial charge on any atom is -0.423 e. The molecule has 2 aromatic rings. The van der Waals surface area contributed by atoms with Crippen LogP contribution < -0.4 is 5.46 Å². The van der Waals surface area contributed by atoms with Gasteiger partial charge in [0.05, 0.1) is 0 Å². The monoisotopic (exact) mass is 350 g/mol. The summed E-state index contributed by atoms with van der Waals surface area (Å²) in [5.41, 5.74) is 3.38. The Bertz CT molecular complexity index is 781. The Labute approximate surface area is 154 Å². The Morgan fingerprint density at radius 2 is 1.42 bits per heavy atom. The van der Waals surface area contributed by atoms with Gasteiger partial charge in [-0.25, -0.2) is 0 Å². The van der Waals surface area contributed by atoms with Gasteiger partial charge in [-0.1, -0.05) is 67.3 Å². The smallest absolute Gasteiger partial charge is 0.423 e. The molecule has 0 spiro atoms. The lowest BCUT2D eigenvalue weighted by atomic mass is 9.79. The Morgan fingerprint density at radius 3 is 1.88 bits per heavy atom. The number of carbonyl (C=O) groups is 2. The van der Waals surface area contributed by atoms with Gasteiger partial charge in [-0.3, -0.25) is 9.59 Å². The summed E-state index contributed by atoms with van der Waals surface area (Å²) in [6.07, 6.45) is 3.32. The van der Waals surface area contributed by atoms with Crippen LogP contribution in [0.15, 0.2) is 73.8 Å². The normalized spacial score (nSPS) is 9.50. The van der Waals surface area contributed by atoms with Gasteiger partial charge in [0, 0.05) is 12.8 Å². The lowest BCUT2D eigenvalue weighted by Gasteiger charge is -2.02. The van der Waals surface area contributed by atoms with E-state index in [9.17, 15) is 9.59 Å². The third kappa shape index (κ3) is 7.88. The molecule has 134 valence electrons. The summed E-state index contributed by atoms with van der Waals surface area (Å²) in [7, 11) is -1.49. The maximum atomic E-state index is 11.0. The summed E-state index contributed by atoms with van der Waals surface area (Å²) in [5, 5.41) is 17.8. The summed E-state index contributed by atoms with van der Waals surface area (Å²) < 4.78 is 0. The molecule has 0 heterocycles. The van der Waals surface area contributed by atoms with Gasteiger partial charge in [0.25, 0.3) is 0 Å². The van der Waals surface area contributed by atoms with Crippen molar-refractivity contribution in [3.63, 3.8) is 0 Å². The average molecular weight is 350 g/mol. The van der Waals surface area contributed by atoms with Crippen LogP contribution in [0.3, 0.4) is 0 Å². The van der Waals surface area contributed by atoms with Crippen molar-refractivity contribution >= 4 is 24.1 Å². The summed E-state index contributed by atoms with van der Waals surface area (Å²) in [4.78, 5) is 22.0. The van der Waals surface area contributed by atoms with Gasteiger partial charge in [0.1, 0.15) is 0 Å². The number of benzene rings is 2. The molecule has 0 unspecified atom stereocenters. The van der Waals surface area contributed by atoms with Crippen LogP contribution in [-0.2, 0) is 22.4 Å². The number of aryl methyl sites for hydroxylation is 1. The van der Waals surface area contributed by atoms with Gasteiger partial charge in [-0.05, 0) is 35.7 Å². The first kappa shape index (κ1) is 21.3.